The molecule has 0 aliphatic rings. The van der Waals surface area contributed by atoms with Crippen molar-refractivity contribution < 1.29 is 0 Å². The lowest BCUT2D eigenvalue weighted by Gasteiger charge is -2.19. The van der Waals surface area contributed by atoms with Gasteiger partial charge in [0, 0.05) is 43.5 Å². The first-order valence-electron chi connectivity index (χ1n) is 6.34. The maximum atomic E-state index is 5.84. The van der Waals surface area contributed by atoms with Crippen LogP contribution >= 0.6 is 11.6 Å². The molecular formula is C15H18ClN3. The van der Waals surface area contributed by atoms with Gasteiger partial charge in [0.15, 0.2) is 0 Å². The van der Waals surface area contributed by atoms with Crippen LogP contribution in [-0.2, 0) is 12.3 Å². The largest absolute Gasteiger partial charge is 0.359 e. The van der Waals surface area contributed by atoms with Crippen molar-refractivity contribution >= 4 is 17.4 Å². The van der Waals surface area contributed by atoms with E-state index >= 15 is 0 Å². The second-order valence-corrected chi connectivity index (χ2v) is 4.81. The summed E-state index contributed by atoms with van der Waals surface area (Å²) in [6.45, 7) is 2.89. The van der Waals surface area contributed by atoms with Gasteiger partial charge in [0.2, 0.25) is 0 Å². The van der Waals surface area contributed by atoms with Crippen LogP contribution in [0.15, 0.2) is 36.5 Å². The van der Waals surface area contributed by atoms with Crippen molar-refractivity contribution in [3.05, 3.63) is 53.5 Å². The molecule has 0 bridgehead atoms. The highest BCUT2D eigenvalue weighted by Crippen LogP contribution is 2.15. The van der Waals surface area contributed by atoms with Crippen LogP contribution in [-0.4, -0.2) is 23.6 Å². The van der Waals surface area contributed by atoms with Gasteiger partial charge in [-0.2, -0.15) is 0 Å². The molecule has 100 valence electrons. The fourth-order valence-corrected chi connectivity index (χ4v) is 2.16. The average molecular weight is 276 g/mol. The Bertz CT molecular complexity index is 528. The quantitative estimate of drug-likeness (QED) is 0.785. The van der Waals surface area contributed by atoms with Gasteiger partial charge in [0.05, 0.1) is 0 Å². The molecule has 0 atom stereocenters. The summed E-state index contributed by atoms with van der Waals surface area (Å²) in [7, 11) is 2.05. The molecule has 0 amide bonds. The summed E-state index contributed by atoms with van der Waals surface area (Å²) < 4.78 is 0. The molecule has 0 saturated carbocycles. The molecule has 0 unspecified atom stereocenters. The van der Waals surface area contributed by atoms with Crippen LogP contribution in [0.5, 0.6) is 0 Å². The third-order valence-corrected chi connectivity index (χ3v) is 3.43. The van der Waals surface area contributed by atoms with Crippen molar-refractivity contribution in [2.45, 2.75) is 19.2 Å². The molecule has 0 aromatic carbocycles. The lowest BCUT2D eigenvalue weighted by Crippen LogP contribution is -2.22. The summed E-state index contributed by atoms with van der Waals surface area (Å²) in [5.41, 5.74) is 3.18. The van der Waals surface area contributed by atoms with E-state index in [1.54, 1.807) is 0 Å². The van der Waals surface area contributed by atoms with Crippen molar-refractivity contribution in [1.82, 2.24) is 9.97 Å². The first kappa shape index (κ1) is 13.8. The van der Waals surface area contributed by atoms with Crippen LogP contribution in [0.4, 0.5) is 5.82 Å². The molecule has 2 rings (SSSR count). The van der Waals surface area contributed by atoms with Crippen molar-refractivity contribution in [2.75, 3.05) is 18.5 Å². The highest BCUT2D eigenvalue weighted by Gasteiger charge is 2.06. The zero-order valence-electron chi connectivity index (χ0n) is 11.3. The topological polar surface area (TPSA) is 29.0 Å². The van der Waals surface area contributed by atoms with E-state index in [9.17, 15) is 0 Å². The van der Waals surface area contributed by atoms with Crippen molar-refractivity contribution in [2.24, 2.45) is 0 Å². The predicted octanol–water partition coefficient (Wildman–Crippen LogP) is 3.20. The number of hydrogen-bond donors (Lipinski definition) is 0. The van der Waals surface area contributed by atoms with E-state index in [4.69, 9.17) is 11.6 Å². The SMILES string of the molecule is Cc1nc(N(C)CCc2ccccn2)ccc1CCl. The summed E-state index contributed by atoms with van der Waals surface area (Å²) in [4.78, 5) is 11.0. The number of hydrogen-bond acceptors (Lipinski definition) is 3. The normalized spacial score (nSPS) is 10.5. The average Bonchev–Trinajstić information content (AvgIpc) is 2.45. The number of likely N-dealkylation sites (N-methyl/N-ethyl adjacent to an activating group) is 1. The van der Waals surface area contributed by atoms with E-state index in [2.05, 4.69) is 14.9 Å². The number of alkyl halides is 1. The van der Waals surface area contributed by atoms with Crippen LogP contribution in [0.25, 0.3) is 0 Å². The number of halogens is 1. The van der Waals surface area contributed by atoms with Gasteiger partial charge in [-0.15, -0.1) is 11.6 Å². The van der Waals surface area contributed by atoms with E-state index in [1.807, 2.05) is 50.5 Å². The summed E-state index contributed by atoms with van der Waals surface area (Å²) >= 11 is 5.84. The molecule has 0 fully saturated rings. The van der Waals surface area contributed by atoms with E-state index in [0.717, 1.165) is 35.7 Å². The summed E-state index contributed by atoms with van der Waals surface area (Å²) in [5.74, 6) is 1.49. The third-order valence-electron chi connectivity index (χ3n) is 3.15. The minimum Gasteiger partial charge on any atom is -0.359 e. The van der Waals surface area contributed by atoms with Crippen molar-refractivity contribution in [3.63, 3.8) is 0 Å². The Morgan fingerprint density at radius 2 is 2.05 bits per heavy atom. The number of aryl methyl sites for hydroxylation is 1. The molecule has 2 aromatic heterocycles. The number of rotatable bonds is 5. The second kappa shape index (κ2) is 6.53. The van der Waals surface area contributed by atoms with E-state index in [1.165, 1.54) is 0 Å². The van der Waals surface area contributed by atoms with Gasteiger partial charge in [0.1, 0.15) is 5.82 Å². The Labute approximate surface area is 119 Å². The Hall–Kier alpha value is -1.61. The number of anilines is 1. The van der Waals surface area contributed by atoms with Crippen LogP contribution in [0, 0.1) is 6.92 Å². The van der Waals surface area contributed by atoms with Gasteiger partial charge in [-0.3, -0.25) is 4.98 Å². The molecule has 19 heavy (non-hydrogen) atoms. The Morgan fingerprint density at radius 3 is 2.68 bits per heavy atom. The van der Waals surface area contributed by atoms with Crippen LogP contribution in [0.2, 0.25) is 0 Å². The first-order valence-corrected chi connectivity index (χ1v) is 6.87. The fourth-order valence-electron chi connectivity index (χ4n) is 1.87. The predicted molar refractivity (Wildman–Crippen MR) is 79.7 cm³/mol. The zero-order chi connectivity index (χ0) is 13.7. The standard InChI is InChI=1S/C15H18ClN3/c1-12-13(11-16)6-7-15(18-12)19(2)10-8-14-5-3-4-9-17-14/h3-7,9H,8,10-11H2,1-2H3. The molecule has 0 radical (unpaired) electrons. The molecule has 2 aromatic rings. The summed E-state index contributed by atoms with van der Waals surface area (Å²) in [6.07, 6.45) is 2.74. The lowest BCUT2D eigenvalue weighted by molar-refractivity contribution is 0.835. The molecule has 0 aliphatic carbocycles. The van der Waals surface area contributed by atoms with Gasteiger partial charge in [-0.1, -0.05) is 12.1 Å². The molecule has 0 N–H and O–H groups in total. The maximum Gasteiger partial charge on any atom is 0.128 e. The molecule has 3 nitrogen and oxygen atoms in total. The van der Waals surface area contributed by atoms with E-state index in [0.29, 0.717) is 5.88 Å². The Kier molecular flexibility index (Phi) is 4.74. The third kappa shape index (κ3) is 3.67. The molecule has 4 heteroatoms. The molecule has 0 aliphatic heterocycles. The summed E-state index contributed by atoms with van der Waals surface area (Å²) in [5, 5.41) is 0. The molecular weight excluding hydrogens is 258 g/mol. The number of nitrogens with zero attached hydrogens (tertiary/aromatic N) is 3. The van der Waals surface area contributed by atoms with Crippen LogP contribution < -0.4 is 4.90 Å². The molecule has 0 spiro atoms. The van der Waals surface area contributed by atoms with Gasteiger partial charge < -0.3 is 4.90 Å². The van der Waals surface area contributed by atoms with E-state index < -0.39 is 0 Å². The van der Waals surface area contributed by atoms with Gasteiger partial charge in [-0.05, 0) is 30.7 Å². The second-order valence-electron chi connectivity index (χ2n) is 4.54. The molecule has 2 heterocycles. The fraction of sp³-hybridized carbons (Fsp3) is 0.333. The van der Waals surface area contributed by atoms with Crippen LogP contribution in [0.1, 0.15) is 17.0 Å². The van der Waals surface area contributed by atoms with E-state index in [-0.39, 0.29) is 0 Å². The first-order chi connectivity index (χ1) is 9.20. The van der Waals surface area contributed by atoms with Gasteiger partial charge in [-0.25, -0.2) is 4.98 Å². The smallest absolute Gasteiger partial charge is 0.128 e. The Balaban J connectivity index is 2.00. The van der Waals surface area contributed by atoms with Crippen molar-refractivity contribution in [1.29, 1.82) is 0 Å². The monoisotopic (exact) mass is 275 g/mol. The molecule has 0 saturated heterocycles. The van der Waals surface area contributed by atoms with Crippen LogP contribution in [0.3, 0.4) is 0 Å². The maximum absolute atomic E-state index is 5.84. The van der Waals surface area contributed by atoms with Gasteiger partial charge >= 0.3 is 0 Å². The minimum absolute atomic E-state index is 0.511. The Morgan fingerprint density at radius 1 is 1.21 bits per heavy atom. The highest BCUT2D eigenvalue weighted by molar-refractivity contribution is 6.17. The van der Waals surface area contributed by atoms with Gasteiger partial charge in [0.25, 0.3) is 0 Å². The van der Waals surface area contributed by atoms with Crippen molar-refractivity contribution in [3.8, 4) is 0 Å². The lowest BCUT2D eigenvalue weighted by atomic mass is 10.2. The zero-order valence-corrected chi connectivity index (χ0v) is 12.1. The summed E-state index contributed by atoms with van der Waals surface area (Å²) in [6, 6.07) is 10.1. The minimum atomic E-state index is 0.511. The highest BCUT2D eigenvalue weighted by atomic mass is 35.5. The number of pyridine rings is 2. The number of aromatic nitrogens is 2.